The Labute approximate surface area is 114 Å². The number of carboxylic acid groups (broad SMARTS) is 1. The van der Waals surface area contributed by atoms with Gasteiger partial charge in [-0.3, -0.25) is 4.90 Å². The van der Waals surface area contributed by atoms with Crippen LogP contribution in [0.3, 0.4) is 0 Å². The minimum Gasteiger partial charge on any atom is -0.480 e. The molecule has 0 aromatic carbocycles. The lowest BCUT2D eigenvalue weighted by atomic mass is 10.00. The van der Waals surface area contributed by atoms with Crippen LogP contribution in [0.1, 0.15) is 26.7 Å². The van der Waals surface area contributed by atoms with Gasteiger partial charge in [-0.2, -0.15) is 0 Å². The van der Waals surface area contributed by atoms with E-state index >= 15 is 0 Å². The summed E-state index contributed by atoms with van der Waals surface area (Å²) in [6.07, 6.45) is 1.35. The zero-order valence-electron chi connectivity index (χ0n) is 11.9. The van der Waals surface area contributed by atoms with Gasteiger partial charge < -0.3 is 14.9 Å². The van der Waals surface area contributed by atoms with E-state index in [-0.39, 0.29) is 11.6 Å². The minimum atomic E-state index is -0.890. The van der Waals surface area contributed by atoms with Gasteiger partial charge in [0, 0.05) is 31.7 Å². The average molecular weight is 269 g/mol. The molecule has 0 spiro atoms. The Bertz CT molecular complexity index is 383. The first-order valence-electron chi connectivity index (χ1n) is 6.82. The summed E-state index contributed by atoms with van der Waals surface area (Å²) in [6.45, 7) is 6.90. The van der Waals surface area contributed by atoms with Crippen molar-refractivity contribution >= 4 is 12.0 Å². The van der Waals surface area contributed by atoms with Crippen molar-refractivity contribution in [1.29, 1.82) is 0 Å². The summed E-state index contributed by atoms with van der Waals surface area (Å²) in [4.78, 5) is 29.2. The molecule has 0 radical (unpaired) electrons. The van der Waals surface area contributed by atoms with Crippen molar-refractivity contribution in [2.24, 2.45) is 0 Å². The van der Waals surface area contributed by atoms with Crippen LogP contribution in [0.15, 0.2) is 0 Å². The molecule has 2 aliphatic heterocycles. The summed E-state index contributed by atoms with van der Waals surface area (Å²) in [6, 6.07) is -0.763. The molecule has 6 heteroatoms. The molecule has 2 amide bonds. The van der Waals surface area contributed by atoms with E-state index < -0.39 is 12.0 Å². The third-order valence-corrected chi connectivity index (χ3v) is 4.37. The van der Waals surface area contributed by atoms with Crippen LogP contribution < -0.4 is 0 Å². The van der Waals surface area contributed by atoms with Crippen LogP contribution in [0.4, 0.5) is 4.79 Å². The molecule has 2 saturated heterocycles. The summed E-state index contributed by atoms with van der Waals surface area (Å²) < 4.78 is 0. The number of amides is 2. The van der Waals surface area contributed by atoms with Crippen molar-refractivity contribution in [3.05, 3.63) is 0 Å². The van der Waals surface area contributed by atoms with Gasteiger partial charge in [-0.05, 0) is 33.7 Å². The molecule has 1 atom stereocenters. The molecule has 2 heterocycles. The van der Waals surface area contributed by atoms with E-state index in [1.165, 1.54) is 4.90 Å². The van der Waals surface area contributed by atoms with Crippen molar-refractivity contribution in [2.45, 2.75) is 38.3 Å². The van der Waals surface area contributed by atoms with Crippen molar-refractivity contribution in [1.82, 2.24) is 14.7 Å². The molecule has 0 aromatic rings. The van der Waals surface area contributed by atoms with Gasteiger partial charge in [-0.25, -0.2) is 9.59 Å². The molecule has 2 rings (SSSR count). The van der Waals surface area contributed by atoms with E-state index in [9.17, 15) is 9.59 Å². The predicted molar refractivity (Wildman–Crippen MR) is 71.0 cm³/mol. The molecule has 0 aliphatic carbocycles. The number of aliphatic carboxylic acids is 1. The molecule has 108 valence electrons. The molecule has 6 nitrogen and oxygen atoms in total. The van der Waals surface area contributed by atoms with E-state index in [1.54, 1.807) is 4.90 Å². The lowest BCUT2D eigenvalue weighted by Gasteiger charge is -2.46. The molecular formula is C13H23N3O3. The number of nitrogens with zero attached hydrogens (tertiary/aromatic N) is 3. The number of likely N-dealkylation sites (tertiary alicyclic amines) is 1. The number of hydrogen-bond donors (Lipinski definition) is 1. The van der Waals surface area contributed by atoms with Gasteiger partial charge in [0.1, 0.15) is 6.04 Å². The smallest absolute Gasteiger partial charge is 0.326 e. The molecule has 0 saturated carbocycles. The number of urea groups is 1. The van der Waals surface area contributed by atoms with E-state index in [0.29, 0.717) is 26.1 Å². The summed E-state index contributed by atoms with van der Waals surface area (Å²) in [5, 5.41) is 9.16. The van der Waals surface area contributed by atoms with E-state index in [4.69, 9.17) is 5.11 Å². The molecule has 0 bridgehead atoms. The number of piperazine rings is 1. The fourth-order valence-corrected chi connectivity index (χ4v) is 2.84. The number of likely N-dealkylation sites (N-methyl/N-ethyl adjacent to an activating group) is 1. The third-order valence-electron chi connectivity index (χ3n) is 4.37. The Morgan fingerprint density at radius 1 is 1.21 bits per heavy atom. The van der Waals surface area contributed by atoms with Gasteiger partial charge >= 0.3 is 12.0 Å². The fraction of sp³-hybridized carbons (Fsp3) is 0.846. The first-order chi connectivity index (χ1) is 8.83. The van der Waals surface area contributed by atoms with Crippen LogP contribution in [-0.2, 0) is 4.79 Å². The van der Waals surface area contributed by atoms with Gasteiger partial charge in [-0.1, -0.05) is 0 Å². The Hall–Kier alpha value is -1.30. The SMILES string of the molecule is CN1CCN(C(=O)N2CCC[C@@H]2C(=O)O)CC1(C)C. The number of carboxylic acids is 1. The normalized spacial score (nSPS) is 27.6. The van der Waals surface area contributed by atoms with E-state index in [2.05, 4.69) is 25.8 Å². The Balaban J connectivity index is 2.06. The van der Waals surface area contributed by atoms with Gasteiger partial charge in [0.15, 0.2) is 0 Å². The number of hydrogen-bond acceptors (Lipinski definition) is 3. The van der Waals surface area contributed by atoms with E-state index in [1.807, 2.05) is 0 Å². The summed E-state index contributed by atoms with van der Waals surface area (Å²) >= 11 is 0. The van der Waals surface area contributed by atoms with Crippen molar-refractivity contribution in [3.8, 4) is 0 Å². The average Bonchev–Trinajstić information content (AvgIpc) is 2.80. The molecule has 2 aliphatic rings. The molecule has 0 aromatic heterocycles. The lowest BCUT2D eigenvalue weighted by molar-refractivity contribution is -0.141. The van der Waals surface area contributed by atoms with Gasteiger partial charge in [-0.15, -0.1) is 0 Å². The maximum absolute atomic E-state index is 12.5. The highest BCUT2D eigenvalue weighted by atomic mass is 16.4. The van der Waals surface area contributed by atoms with Crippen molar-refractivity contribution < 1.29 is 14.7 Å². The Kier molecular flexibility index (Phi) is 3.71. The van der Waals surface area contributed by atoms with Crippen molar-refractivity contribution in [2.75, 3.05) is 33.2 Å². The largest absolute Gasteiger partial charge is 0.480 e. The number of carbonyl (C=O) groups is 2. The van der Waals surface area contributed by atoms with Crippen LogP contribution in [-0.4, -0.2) is 76.6 Å². The standard InChI is InChI=1S/C13H23N3O3/c1-13(2)9-15(8-7-14(13)3)12(19)16-6-4-5-10(16)11(17)18/h10H,4-9H2,1-3H3,(H,17,18)/t10-/m1/s1. The Morgan fingerprint density at radius 3 is 2.47 bits per heavy atom. The quantitative estimate of drug-likeness (QED) is 0.760. The van der Waals surface area contributed by atoms with Gasteiger partial charge in [0.05, 0.1) is 0 Å². The van der Waals surface area contributed by atoms with Crippen LogP contribution >= 0.6 is 0 Å². The summed E-state index contributed by atoms with van der Waals surface area (Å²) in [5.74, 6) is -0.890. The lowest BCUT2D eigenvalue weighted by Crippen LogP contribution is -2.61. The topological polar surface area (TPSA) is 64.1 Å². The monoisotopic (exact) mass is 269 g/mol. The highest BCUT2D eigenvalue weighted by Crippen LogP contribution is 2.23. The molecule has 0 unspecified atom stereocenters. The maximum atomic E-state index is 12.5. The molecule has 2 fully saturated rings. The van der Waals surface area contributed by atoms with Gasteiger partial charge in [0.2, 0.25) is 0 Å². The van der Waals surface area contributed by atoms with Crippen LogP contribution in [0.2, 0.25) is 0 Å². The second kappa shape index (κ2) is 5.00. The van der Waals surface area contributed by atoms with Gasteiger partial charge in [0.25, 0.3) is 0 Å². The fourth-order valence-electron chi connectivity index (χ4n) is 2.84. The molecule has 1 N–H and O–H groups in total. The summed E-state index contributed by atoms with van der Waals surface area (Å²) in [7, 11) is 2.05. The first kappa shape index (κ1) is 14.1. The maximum Gasteiger partial charge on any atom is 0.326 e. The van der Waals surface area contributed by atoms with E-state index in [0.717, 1.165) is 13.0 Å². The summed E-state index contributed by atoms with van der Waals surface area (Å²) in [5.41, 5.74) is -0.0631. The highest BCUT2D eigenvalue weighted by Gasteiger charge is 2.40. The molecule has 19 heavy (non-hydrogen) atoms. The third kappa shape index (κ3) is 2.68. The minimum absolute atomic E-state index is 0.0631. The zero-order valence-corrected chi connectivity index (χ0v) is 11.9. The second-order valence-corrected chi connectivity index (χ2v) is 6.13. The number of rotatable bonds is 1. The number of carbonyl (C=O) groups excluding carboxylic acids is 1. The Morgan fingerprint density at radius 2 is 1.89 bits per heavy atom. The second-order valence-electron chi connectivity index (χ2n) is 6.13. The van der Waals surface area contributed by atoms with Crippen molar-refractivity contribution in [3.63, 3.8) is 0 Å². The van der Waals surface area contributed by atoms with Crippen LogP contribution in [0.25, 0.3) is 0 Å². The first-order valence-corrected chi connectivity index (χ1v) is 6.82. The zero-order chi connectivity index (χ0) is 14.2. The molecular weight excluding hydrogens is 246 g/mol. The predicted octanol–water partition coefficient (Wildman–Crippen LogP) is 0.681. The van der Waals surface area contributed by atoms with Crippen LogP contribution in [0, 0.1) is 0 Å². The van der Waals surface area contributed by atoms with Crippen LogP contribution in [0.5, 0.6) is 0 Å². The highest BCUT2D eigenvalue weighted by molar-refractivity contribution is 5.83.